The minimum absolute atomic E-state index is 0.0703. The first kappa shape index (κ1) is 13.0. The van der Waals surface area contributed by atoms with Gasteiger partial charge in [-0.15, -0.1) is 0 Å². The van der Waals surface area contributed by atoms with Crippen LogP contribution in [-0.2, 0) is 4.79 Å². The van der Waals surface area contributed by atoms with Gasteiger partial charge in [-0.3, -0.25) is 14.9 Å². The van der Waals surface area contributed by atoms with Crippen molar-refractivity contribution in [3.05, 3.63) is 27.3 Å². The Balaban J connectivity index is 3.44. The average molecular weight is 238 g/mol. The fourth-order valence-corrected chi connectivity index (χ4v) is 1.57. The molecule has 0 aliphatic rings. The Morgan fingerprint density at radius 2 is 2.00 bits per heavy atom. The molecule has 1 aromatic rings. The molecular weight excluding hydrogens is 224 g/mol. The number of carbonyl (C=O) groups is 1. The van der Waals surface area contributed by atoms with E-state index in [0.29, 0.717) is 16.8 Å². The molecule has 0 aromatic heterocycles. The molecule has 6 nitrogen and oxygen atoms in total. The standard InChI is InChI=1S/C11H14N2O4/c1-6-7(2)11(13(15)16)10(17-4)5-9(6)12-8(3)14/h5H,1-4H3,(H,12,14). The summed E-state index contributed by atoms with van der Waals surface area (Å²) < 4.78 is 4.97. The predicted molar refractivity (Wildman–Crippen MR) is 63.4 cm³/mol. The number of benzene rings is 1. The number of anilines is 1. The number of ether oxygens (including phenoxy) is 1. The first-order valence-corrected chi connectivity index (χ1v) is 4.98. The summed E-state index contributed by atoms with van der Waals surface area (Å²) in [5.41, 5.74) is 1.60. The van der Waals surface area contributed by atoms with Crippen molar-refractivity contribution < 1.29 is 14.5 Å². The minimum Gasteiger partial charge on any atom is -0.490 e. The van der Waals surface area contributed by atoms with Crippen LogP contribution in [0.2, 0.25) is 0 Å². The summed E-state index contributed by atoms with van der Waals surface area (Å²) in [6.45, 7) is 4.72. The molecule has 1 rings (SSSR count). The summed E-state index contributed by atoms with van der Waals surface area (Å²) in [5, 5.41) is 13.5. The van der Waals surface area contributed by atoms with Gasteiger partial charge in [-0.1, -0.05) is 0 Å². The molecule has 1 aromatic carbocycles. The van der Waals surface area contributed by atoms with Gasteiger partial charge in [-0.2, -0.15) is 0 Å². The zero-order valence-electron chi connectivity index (χ0n) is 10.2. The lowest BCUT2D eigenvalue weighted by Gasteiger charge is -2.12. The highest BCUT2D eigenvalue weighted by Crippen LogP contribution is 2.37. The molecule has 0 spiro atoms. The van der Waals surface area contributed by atoms with E-state index in [-0.39, 0.29) is 17.3 Å². The Hall–Kier alpha value is -2.11. The Bertz CT molecular complexity index is 483. The first-order chi connectivity index (χ1) is 7.88. The largest absolute Gasteiger partial charge is 0.490 e. The van der Waals surface area contributed by atoms with Crippen LogP contribution in [0.15, 0.2) is 6.07 Å². The molecule has 1 amide bonds. The molecule has 6 heteroatoms. The summed E-state index contributed by atoms with van der Waals surface area (Å²) in [4.78, 5) is 21.4. The third-order valence-corrected chi connectivity index (χ3v) is 2.54. The van der Waals surface area contributed by atoms with Gasteiger partial charge >= 0.3 is 5.69 Å². The van der Waals surface area contributed by atoms with Crippen LogP contribution >= 0.6 is 0 Å². The van der Waals surface area contributed by atoms with E-state index >= 15 is 0 Å². The molecule has 0 saturated heterocycles. The summed E-state index contributed by atoms with van der Waals surface area (Å²) in [6.07, 6.45) is 0. The third kappa shape index (κ3) is 2.52. The monoisotopic (exact) mass is 238 g/mol. The maximum absolute atomic E-state index is 11.0. The molecule has 0 bridgehead atoms. The summed E-state index contributed by atoms with van der Waals surface area (Å²) >= 11 is 0. The zero-order chi connectivity index (χ0) is 13.2. The Morgan fingerprint density at radius 1 is 1.41 bits per heavy atom. The second-order valence-corrected chi connectivity index (χ2v) is 3.66. The van der Waals surface area contributed by atoms with Crippen molar-refractivity contribution in [2.24, 2.45) is 0 Å². The molecule has 0 unspecified atom stereocenters. The van der Waals surface area contributed by atoms with Gasteiger partial charge in [-0.05, 0) is 19.4 Å². The average Bonchev–Trinajstić information content (AvgIpc) is 2.23. The molecule has 0 radical (unpaired) electrons. The predicted octanol–water partition coefficient (Wildman–Crippen LogP) is 2.18. The summed E-state index contributed by atoms with van der Waals surface area (Å²) in [7, 11) is 1.36. The first-order valence-electron chi connectivity index (χ1n) is 4.98. The van der Waals surface area contributed by atoms with Gasteiger partial charge in [0.2, 0.25) is 5.91 Å². The quantitative estimate of drug-likeness (QED) is 0.646. The smallest absolute Gasteiger partial charge is 0.314 e. The van der Waals surface area contributed by atoms with Gasteiger partial charge in [0, 0.05) is 24.2 Å². The van der Waals surface area contributed by atoms with E-state index in [0.717, 1.165) is 0 Å². The zero-order valence-corrected chi connectivity index (χ0v) is 10.2. The van der Waals surface area contributed by atoms with Gasteiger partial charge in [0.1, 0.15) is 0 Å². The number of hydrogen-bond acceptors (Lipinski definition) is 4. The van der Waals surface area contributed by atoms with Crippen LogP contribution in [0.1, 0.15) is 18.1 Å². The lowest BCUT2D eigenvalue weighted by atomic mass is 10.0. The van der Waals surface area contributed by atoms with Crippen LogP contribution in [0.3, 0.4) is 0 Å². The summed E-state index contributed by atoms with van der Waals surface area (Å²) in [6, 6.07) is 1.46. The number of nitro benzene ring substituents is 1. The second-order valence-electron chi connectivity index (χ2n) is 3.66. The highest BCUT2D eigenvalue weighted by Gasteiger charge is 2.22. The maximum Gasteiger partial charge on any atom is 0.314 e. The number of rotatable bonds is 3. The Kier molecular flexibility index (Phi) is 3.67. The molecule has 0 aliphatic carbocycles. The molecule has 0 fully saturated rings. The molecule has 0 aliphatic heterocycles. The van der Waals surface area contributed by atoms with E-state index in [9.17, 15) is 14.9 Å². The normalized spacial score (nSPS) is 9.88. The van der Waals surface area contributed by atoms with Crippen molar-refractivity contribution in [2.45, 2.75) is 20.8 Å². The SMILES string of the molecule is COc1cc(NC(C)=O)c(C)c(C)c1[N+](=O)[O-]. The van der Waals surface area contributed by atoms with Crippen LogP contribution in [0.4, 0.5) is 11.4 Å². The molecular formula is C11H14N2O4. The van der Waals surface area contributed by atoms with E-state index in [1.807, 2.05) is 0 Å². The molecule has 0 heterocycles. The van der Waals surface area contributed by atoms with Crippen LogP contribution in [-0.4, -0.2) is 17.9 Å². The van der Waals surface area contributed by atoms with E-state index < -0.39 is 4.92 Å². The number of amides is 1. The van der Waals surface area contributed by atoms with Crippen molar-refractivity contribution in [3.63, 3.8) is 0 Å². The number of hydrogen-bond donors (Lipinski definition) is 1. The second kappa shape index (κ2) is 4.82. The van der Waals surface area contributed by atoms with Crippen molar-refractivity contribution in [2.75, 3.05) is 12.4 Å². The number of carbonyl (C=O) groups excluding carboxylic acids is 1. The molecule has 92 valence electrons. The van der Waals surface area contributed by atoms with Crippen LogP contribution in [0.25, 0.3) is 0 Å². The lowest BCUT2D eigenvalue weighted by Crippen LogP contribution is -2.09. The lowest BCUT2D eigenvalue weighted by molar-refractivity contribution is -0.386. The van der Waals surface area contributed by atoms with Gasteiger partial charge < -0.3 is 10.1 Å². The van der Waals surface area contributed by atoms with Crippen molar-refractivity contribution >= 4 is 17.3 Å². The van der Waals surface area contributed by atoms with Crippen molar-refractivity contribution in [1.29, 1.82) is 0 Å². The van der Waals surface area contributed by atoms with Gasteiger partial charge in [0.25, 0.3) is 0 Å². The topological polar surface area (TPSA) is 81.5 Å². The van der Waals surface area contributed by atoms with Crippen LogP contribution in [0.5, 0.6) is 5.75 Å². The molecule has 0 atom stereocenters. The van der Waals surface area contributed by atoms with Crippen LogP contribution in [0, 0.1) is 24.0 Å². The van der Waals surface area contributed by atoms with E-state index in [1.54, 1.807) is 13.8 Å². The highest BCUT2D eigenvalue weighted by molar-refractivity contribution is 5.90. The fourth-order valence-electron chi connectivity index (χ4n) is 1.57. The number of nitrogens with one attached hydrogen (secondary N) is 1. The van der Waals surface area contributed by atoms with Gasteiger partial charge in [0.15, 0.2) is 5.75 Å². The minimum atomic E-state index is -0.487. The van der Waals surface area contributed by atoms with E-state index in [4.69, 9.17) is 4.74 Å². The van der Waals surface area contributed by atoms with E-state index in [2.05, 4.69) is 5.32 Å². The highest BCUT2D eigenvalue weighted by atomic mass is 16.6. The number of nitrogens with zero attached hydrogens (tertiary/aromatic N) is 1. The maximum atomic E-state index is 11.0. The van der Waals surface area contributed by atoms with Crippen LogP contribution < -0.4 is 10.1 Å². The van der Waals surface area contributed by atoms with Gasteiger partial charge in [-0.25, -0.2) is 0 Å². The number of nitro groups is 1. The Labute approximate surface area is 98.7 Å². The summed E-state index contributed by atoms with van der Waals surface area (Å²) in [5.74, 6) is -0.0924. The third-order valence-electron chi connectivity index (χ3n) is 2.54. The van der Waals surface area contributed by atoms with Crippen molar-refractivity contribution in [3.8, 4) is 5.75 Å². The Morgan fingerprint density at radius 3 is 2.41 bits per heavy atom. The molecule has 1 N–H and O–H groups in total. The molecule has 0 saturated carbocycles. The molecule has 17 heavy (non-hydrogen) atoms. The van der Waals surface area contributed by atoms with E-state index in [1.165, 1.54) is 20.1 Å². The van der Waals surface area contributed by atoms with Crippen molar-refractivity contribution in [1.82, 2.24) is 0 Å². The fraction of sp³-hybridized carbons (Fsp3) is 0.364. The van der Waals surface area contributed by atoms with Gasteiger partial charge in [0.05, 0.1) is 12.0 Å². The number of methoxy groups -OCH3 is 1.